The van der Waals surface area contributed by atoms with Crippen LogP contribution in [0.3, 0.4) is 0 Å². The van der Waals surface area contributed by atoms with Crippen LogP contribution in [0.2, 0.25) is 5.15 Å². The third-order valence-corrected chi connectivity index (χ3v) is 4.04. The molecule has 0 aliphatic carbocycles. The van der Waals surface area contributed by atoms with Crippen molar-refractivity contribution in [3.05, 3.63) is 11.2 Å². The van der Waals surface area contributed by atoms with Gasteiger partial charge in [-0.1, -0.05) is 11.6 Å². The number of anilines is 1. The highest BCUT2D eigenvalue weighted by Crippen LogP contribution is 2.43. The summed E-state index contributed by atoms with van der Waals surface area (Å²) in [5.74, 6) is 0.733. The van der Waals surface area contributed by atoms with Crippen molar-refractivity contribution in [2.75, 3.05) is 31.8 Å². The predicted octanol–water partition coefficient (Wildman–Crippen LogP) is 0.869. The fraction of sp³-hybridized carbons (Fsp3) is 0.667. The number of rotatable bonds is 4. The van der Waals surface area contributed by atoms with E-state index in [0.29, 0.717) is 18.2 Å². The molecular formula is C12H16ClN3O3. The van der Waals surface area contributed by atoms with Crippen LogP contribution in [0.4, 0.5) is 5.82 Å². The Hall–Kier alpha value is -1.11. The summed E-state index contributed by atoms with van der Waals surface area (Å²) >= 11 is 5.99. The minimum Gasteiger partial charge on any atom is -0.467 e. The molecule has 104 valence electrons. The van der Waals surface area contributed by atoms with Gasteiger partial charge in [-0.15, -0.1) is 0 Å². The van der Waals surface area contributed by atoms with Gasteiger partial charge >= 0.3 is 6.01 Å². The van der Waals surface area contributed by atoms with Gasteiger partial charge in [0.25, 0.3) is 0 Å². The van der Waals surface area contributed by atoms with E-state index in [4.69, 9.17) is 21.1 Å². The number of fused-ring (bicyclic) bond motifs is 2. The van der Waals surface area contributed by atoms with E-state index in [1.807, 2.05) is 0 Å². The molecule has 7 heteroatoms. The molecule has 0 aromatic carbocycles. The molecule has 3 rings (SSSR count). The summed E-state index contributed by atoms with van der Waals surface area (Å²) in [6, 6.07) is 1.98. The number of nitrogens with zero attached hydrogens (tertiary/aromatic N) is 3. The van der Waals surface area contributed by atoms with Crippen molar-refractivity contribution in [1.29, 1.82) is 0 Å². The lowest BCUT2D eigenvalue weighted by Gasteiger charge is -2.38. The van der Waals surface area contributed by atoms with Gasteiger partial charge in [0.15, 0.2) is 0 Å². The Morgan fingerprint density at radius 1 is 1.63 bits per heavy atom. The van der Waals surface area contributed by atoms with E-state index < -0.39 is 0 Å². The molecule has 1 aromatic rings. The van der Waals surface area contributed by atoms with E-state index in [0.717, 1.165) is 18.8 Å². The minimum atomic E-state index is -0.178. The Morgan fingerprint density at radius 2 is 2.47 bits per heavy atom. The zero-order chi connectivity index (χ0) is 13.5. The van der Waals surface area contributed by atoms with Crippen molar-refractivity contribution >= 4 is 17.4 Å². The van der Waals surface area contributed by atoms with Crippen LogP contribution in [0.5, 0.6) is 6.01 Å². The summed E-state index contributed by atoms with van der Waals surface area (Å²) in [5, 5.41) is 9.65. The van der Waals surface area contributed by atoms with Crippen LogP contribution < -0.4 is 9.64 Å². The first-order chi connectivity index (χ1) is 9.16. The normalized spacial score (nSPS) is 29.0. The molecule has 0 spiro atoms. The van der Waals surface area contributed by atoms with Crippen LogP contribution in [0, 0.1) is 0 Å². The molecular weight excluding hydrogens is 270 g/mol. The van der Waals surface area contributed by atoms with Gasteiger partial charge in [0, 0.05) is 25.6 Å². The van der Waals surface area contributed by atoms with Gasteiger partial charge in [0.05, 0.1) is 25.4 Å². The Labute approximate surface area is 116 Å². The molecule has 3 heterocycles. The van der Waals surface area contributed by atoms with E-state index in [9.17, 15) is 5.11 Å². The van der Waals surface area contributed by atoms with Crippen molar-refractivity contribution in [2.24, 2.45) is 0 Å². The smallest absolute Gasteiger partial charge is 0.319 e. The maximum atomic E-state index is 9.30. The zero-order valence-electron chi connectivity index (χ0n) is 10.7. The van der Waals surface area contributed by atoms with E-state index in [1.54, 1.807) is 6.07 Å². The highest BCUT2D eigenvalue weighted by Gasteiger charge is 2.52. The summed E-state index contributed by atoms with van der Waals surface area (Å²) in [5.41, 5.74) is -0.178. The maximum absolute atomic E-state index is 9.30. The van der Waals surface area contributed by atoms with Gasteiger partial charge in [-0.25, -0.2) is 0 Å². The average molecular weight is 286 g/mol. The zero-order valence-corrected chi connectivity index (χ0v) is 11.4. The lowest BCUT2D eigenvalue weighted by atomic mass is 9.95. The molecule has 2 aliphatic heterocycles. The van der Waals surface area contributed by atoms with Crippen LogP contribution in [0.1, 0.15) is 12.8 Å². The summed E-state index contributed by atoms with van der Waals surface area (Å²) in [6.07, 6.45) is 1.77. The molecule has 0 unspecified atom stereocenters. The summed E-state index contributed by atoms with van der Waals surface area (Å²) in [6.45, 7) is 1.50. The van der Waals surface area contributed by atoms with Gasteiger partial charge in [-0.3, -0.25) is 0 Å². The minimum absolute atomic E-state index is 0.128. The molecule has 2 aliphatic rings. The second-order valence-electron chi connectivity index (χ2n) is 4.98. The number of morpholine rings is 1. The van der Waals surface area contributed by atoms with Gasteiger partial charge in [-0.05, 0) is 6.42 Å². The molecule has 0 amide bonds. The van der Waals surface area contributed by atoms with Crippen molar-refractivity contribution < 1.29 is 14.6 Å². The first-order valence-corrected chi connectivity index (χ1v) is 6.63. The van der Waals surface area contributed by atoms with E-state index in [-0.39, 0.29) is 24.3 Å². The number of halogens is 1. The number of methoxy groups -OCH3 is 1. The standard InChI is InChI=1S/C12H16ClN3O3/c1-18-11-14-9(13)4-10(15-11)16-6-8-5-12(16,2-3-17)7-19-8/h4,8,17H,2-3,5-7H2,1H3/t8-,12-/m1/s1. The first-order valence-electron chi connectivity index (χ1n) is 6.25. The molecule has 1 N–H and O–H groups in total. The summed E-state index contributed by atoms with van der Waals surface area (Å²) in [7, 11) is 1.51. The molecule has 6 nitrogen and oxygen atoms in total. The summed E-state index contributed by atoms with van der Waals surface area (Å²) < 4.78 is 10.7. The topological polar surface area (TPSA) is 67.7 Å². The van der Waals surface area contributed by atoms with Crippen molar-refractivity contribution in [1.82, 2.24) is 9.97 Å². The van der Waals surface area contributed by atoms with Crippen LogP contribution in [0.15, 0.2) is 6.07 Å². The third-order valence-electron chi connectivity index (χ3n) is 3.85. The van der Waals surface area contributed by atoms with E-state index >= 15 is 0 Å². The van der Waals surface area contributed by atoms with Crippen molar-refractivity contribution in [3.63, 3.8) is 0 Å². The summed E-state index contributed by atoms with van der Waals surface area (Å²) in [4.78, 5) is 10.5. The Morgan fingerprint density at radius 3 is 3.16 bits per heavy atom. The SMILES string of the molecule is COc1nc(Cl)cc(N2C[C@H]3C[C@]2(CCO)CO3)n1. The quantitative estimate of drug-likeness (QED) is 0.828. The second-order valence-corrected chi connectivity index (χ2v) is 5.37. The Kier molecular flexibility index (Phi) is 3.24. The number of hydrogen-bond acceptors (Lipinski definition) is 6. The van der Waals surface area contributed by atoms with Crippen molar-refractivity contribution in [3.8, 4) is 6.01 Å². The highest BCUT2D eigenvalue weighted by atomic mass is 35.5. The number of aliphatic hydroxyl groups excluding tert-OH is 1. The monoisotopic (exact) mass is 285 g/mol. The molecule has 2 bridgehead atoms. The molecule has 2 fully saturated rings. The number of ether oxygens (including phenoxy) is 2. The van der Waals surface area contributed by atoms with Crippen LogP contribution >= 0.6 is 11.6 Å². The van der Waals surface area contributed by atoms with Gasteiger partial charge in [-0.2, -0.15) is 9.97 Å². The second kappa shape index (κ2) is 4.77. The largest absolute Gasteiger partial charge is 0.467 e. The predicted molar refractivity (Wildman–Crippen MR) is 69.7 cm³/mol. The highest BCUT2D eigenvalue weighted by molar-refractivity contribution is 6.29. The number of hydrogen-bond donors (Lipinski definition) is 1. The van der Waals surface area contributed by atoms with Gasteiger partial charge in [0.1, 0.15) is 11.0 Å². The van der Waals surface area contributed by atoms with E-state index in [2.05, 4.69) is 14.9 Å². The van der Waals surface area contributed by atoms with Crippen LogP contribution in [-0.2, 0) is 4.74 Å². The molecule has 19 heavy (non-hydrogen) atoms. The van der Waals surface area contributed by atoms with Gasteiger partial charge < -0.3 is 19.5 Å². The van der Waals surface area contributed by atoms with Crippen LogP contribution in [0.25, 0.3) is 0 Å². The Balaban J connectivity index is 1.95. The fourth-order valence-corrected chi connectivity index (χ4v) is 3.16. The van der Waals surface area contributed by atoms with Gasteiger partial charge in [0.2, 0.25) is 0 Å². The first kappa shape index (κ1) is 12.9. The molecule has 1 aromatic heterocycles. The molecule has 2 saturated heterocycles. The lowest BCUT2D eigenvalue weighted by Crippen LogP contribution is -2.49. The number of aromatic nitrogens is 2. The van der Waals surface area contributed by atoms with E-state index in [1.165, 1.54) is 7.11 Å². The molecule has 0 radical (unpaired) electrons. The molecule has 2 atom stereocenters. The Bertz CT molecular complexity index is 487. The average Bonchev–Trinajstić information content (AvgIpc) is 2.95. The molecule has 0 saturated carbocycles. The fourth-order valence-electron chi connectivity index (χ4n) is 2.99. The lowest BCUT2D eigenvalue weighted by molar-refractivity contribution is 0.0778. The maximum Gasteiger partial charge on any atom is 0.319 e. The van der Waals surface area contributed by atoms with Crippen LogP contribution in [-0.4, -0.2) is 53.6 Å². The van der Waals surface area contributed by atoms with Crippen molar-refractivity contribution in [2.45, 2.75) is 24.5 Å². The number of aliphatic hydroxyl groups is 1. The third kappa shape index (κ3) is 2.13.